The van der Waals surface area contributed by atoms with Crippen LogP contribution in [0.1, 0.15) is 83.5 Å². The number of hydrogen-bond acceptors (Lipinski definition) is 2. The smallest absolute Gasteiger partial charge is 0.309 e. The molecule has 430 valence electrons. The van der Waals surface area contributed by atoms with Crippen molar-refractivity contribution >= 4 is 43.6 Å². The molecule has 0 aliphatic carbocycles. The predicted molar refractivity (Wildman–Crippen MR) is 359 cm³/mol. The first-order valence-corrected chi connectivity index (χ1v) is 29.9. The third-order valence-corrected chi connectivity index (χ3v) is 18.1. The van der Waals surface area contributed by atoms with E-state index in [0.29, 0.717) is 22.4 Å². The molecule has 0 bridgehead atoms. The Morgan fingerprint density at radius 1 is 0.318 bits per heavy atom. The standard InChI is InChI=1S/C81H65F3N4/c1-44-27-48(5)77(49(6)28-44)58-16-23-72-67(37-58)68-38-59(78-50(7)29-45(2)30-51(78)8)17-24-73(68)87(72)63-20-14-62(43-86)65(41-63)66-36-57(64-21-13-56(42-85)35-71(64)81(82,83)84)15-22-74(66)88-75-25-18-60(79-52(9)31-46(3)32-53(79)10)39-69(75)70-40-61(19-26-76(70)88)80-54(11)33-47(4)34-55(80)12/h13-41H,1-12H3. The number of nitriles is 2. The SMILES string of the molecule is Cc1cc(C)c(-c2ccc3c(c2)c2cc(-c4c(C)cc(C)cc4C)ccc2n3-c2ccc(C#N)c(-c3cc(-c4ccc(C#N)cc4C(F)(F)F)ccc3-n3c4ccc(-c5c(C)cc(C)cc5C)cc4c4cc(-c5c(C)cc(C)cc5C)ccc43)c2)c(C)c1. The van der Waals surface area contributed by atoms with E-state index >= 15 is 13.2 Å². The number of benzene rings is 11. The molecule has 0 aliphatic rings. The fraction of sp³-hybridized carbons (Fsp3) is 0.160. The van der Waals surface area contributed by atoms with Crippen LogP contribution < -0.4 is 0 Å². The maximum atomic E-state index is 15.4. The number of hydrogen-bond donors (Lipinski definition) is 0. The van der Waals surface area contributed by atoms with Gasteiger partial charge in [-0.25, -0.2) is 0 Å². The van der Waals surface area contributed by atoms with Crippen molar-refractivity contribution in [3.05, 3.63) is 259 Å². The first-order valence-electron chi connectivity index (χ1n) is 29.9. The normalized spacial score (nSPS) is 11.8. The van der Waals surface area contributed by atoms with E-state index in [4.69, 9.17) is 0 Å². The van der Waals surface area contributed by atoms with E-state index in [9.17, 15) is 10.5 Å². The van der Waals surface area contributed by atoms with Crippen LogP contribution in [0, 0.1) is 106 Å². The highest BCUT2D eigenvalue weighted by atomic mass is 19.4. The Labute approximate surface area is 512 Å². The molecule has 0 amide bonds. The summed E-state index contributed by atoms with van der Waals surface area (Å²) in [6.07, 6.45) is -4.78. The van der Waals surface area contributed by atoms with Gasteiger partial charge in [-0.15, -0.1) is 0 Å². The second-order valence-electron chi connectivity index (χ2n) is 24.6. The fourth-order valence-electron chi connectivity index (χ4n) is 15.0. The third kappa shape index (κ3) is 9.54. The fourth-order valence-corrected chi connectivity index (χ4v) is 15.0. The van der Waals surface area contributed by atoms with E-state index < -0.39 is 11.7 Å². The third-order valence-electron chi connectivity index (χ3n) is 18.1. The summed E-state index contributed by atoms with van der Waals surface area (Å²) in [5, 5.41) is 25.4. The zero-order chi connectivity index (χ0) is 61.9. The van der Waals surface area contributed by atoms with Crippen LogP contribution in [0.5, 0.6) is 0 Å². The molecule has 0 saturated carbocycles. The summed E-state index contributed by atoms with van der Waals surface area (Å²) in [6, 6.07) is 63.9. The van der Waals surface area contributed by atoms with Crippen molar-refractivity contribution in [1.82, 2.24) is 9.13 Å². The zero-order valence-electron chi connectivity index (χ0n) is 51.7. The number of aryl methyl sites for hydroxylation is 12. The second-order valence-corrected chi connectivity index (χ2v) is 24.6. The topological polar surface area (TPSA) is 57.4 Å². The maximum Gasteiger partial charge on any atom is 0.417 e. The minimum atomic E-state index is -4.78. The summed E-state index contributed by atoms with van der Waals surface area (Å²) in [5.74, 6) is 0. The highest BCUT2D eigenvalue weighted by Gasteiger charge is 2.35. The van der Waals surface area contributed by atoms with Crippen molar-refractivity contribution in [3.8, 4) is 90.3 Å². The van der Waals surface area contributed by atoms with Crippen LogP contribution in [-0.2, 0) is 6.18 Å². The highest BCUT2D eigenvalue weighted by Crippen LogP contribution is 2.47. The lowest BCUT2D eigenvalue weighted by Crippen LogP contribution is -2.08. The van der Waals surface area contributed by atoms with E-state index in [1.54, 1.807) is 12.1 Å². The van der Waals surface area contributed by atoms with Crippen molar-refractivity contribution < 1.29 is 13.2 Å². The molecule has 0 unspecified atom stereocenters. The Balaban J connectivity index is 1.11. The molecular weight excluding hydrogens is 1090 g/mol. The Morgan fingerprint density at radius 2 is 0.682 bits per heavy atom. The molecule has 0 fully saturated rings. The molecule has 0 radical (unpaired) electrons. The van der Waals surface area contributed by atoms with Crippen molar-refractivity contribution in [3.63, 3.8) is 0 Å². The number of aromatic nitrogens is 2. The summed E-state index contributed by atoms with van der Waals surface area (Å²) in [6.45, 7) is 25.8. The molecule has 0 aliphatic heterocycles. The van der Waals surface area contributed by atoms with Crippen LogP contribution >= 0.6 is 0 Å². The molecule has 0 N–H and O–H groups in total. The molecule has 0 spiro atoms. The Morgan fingerprint density at radius 3 is 1.03 bits per heavy atom. The van der Waals surface area contributed by atoms with Crippen molar-refractivity contribution in [2.45, 2.75) is 89.3 Å². The average Bonchev–Trinajstić information content (AvgIpc) is 1.59. The number of halogens is 3. The minimum Gasteiger partial charge on any atom is -0.309 e. The van der Waals surface area contributed by atoms with Crippen molar-refractivity contribution in [1.29, 1.82) is 10.5 Å². The van der Waals surface area contributed by atoms with E-state index in [2.05, 4.69) is 220 Å². The molecule has 13 aromatic rings. The summed E-state index contributed by atoms with van der Waals surface area (Å²) < 4.78 is 50.5. The van der Waals surface area contributed by atoms with Gasteiger partial charge in [0, 0.05) is 38.4 Å². The van der Waals surface area contributed by atoms with Gasteiger partial charge in [0.05, 0.1) is 56.6 Å². The van der Waals surface area contributed by atoms with Crippen LogP contribution in [0.4, 0.5) is 13.2 Å². The molecule has 2 aromatic heterocycles. The van der Waals surface area contributed by atoms with E-state index in [-0.39, 0.29) is 16.7 Å². The van der Waals surface area contributed by atoms with Gasteiger partial charge in [0.1, 0.15) is 0 Å². The maximum absolute atomic E-state index is 15.4. The number of alkyl halides is 3. The van der Waals surface area contributed by atoms with Crippen LogP contribution in [0.15, 0.2) is 176 Å². The lowest BCUT2D eigenvalue weighted by molar-refractivity contribution is -0.137. The largest absolute Gasteiger partial charge is 0.417 e. The predicted octanol–water partition coefficient (Wildman–Crippen LogP) is 22.3. The highest BCUT2D eigenvalue weighted by molar-refractivity contribution is 6.14. The molecular formula is C81H65F3N4. The summed E-state index contributed by atoms with van der Waals surface area (Å²) in [7, 11) is 0. The van der Waals surface area contributed by atoms with Gasteiger partial charge in [-0.2, -0.15) is 23.7 Å². The Bertz CT molecular complexity index is 4920. The van der Waals surface area contributed by atoms with Crippen LogP contribution in [0.3, 0.4) is 0 Å². The molecule has 13 rings (SSSR count). The zero-order valence-corrected chi connectivity index (χ0v) is 51.7. The van der Waals surface area contributed by atoms with Gasteiger partial charge in [-0.3, -0.25) is 0 Å². The summed E-state index contributed by atoms with van der Waals surface area (Å²) in [5.41, 5.74) is 29.1. The van der Waals surface area contributed by atoms with E-state index in [1.165, 1.54) is 90.0 Å². The van der Waals surface area contributed by atoms with Gasteiger partial charge in [-0.05, 0) is 274 Å². The van der Waals surface area contributed by atoms with Gasteiger partial charge in [0.25, 0.3) is 0 Å². The van der Waals surface area contributed by atoms with Gasteiger partial charge in [0.2, 0.25) is 0 Å². The van der Waals surface area contributed by atoms with Crippen molar-refractivity contribution in [2.24, 2.45) is 0 Å². The summed E-state index contributed by atoms with van der Waals surface area (Å²) >= 11 is 0. The molecule has 88 heavy (non-hydrogen) atoms. The lowest BCUT2D eigenvalue weighted by Gasteiger charge is -2.20. The summed E-state index contributed by atoms with van der Waals surface area (Å²) in [4.78, 5) is 0. The number of fused-ring (bicyclic) bond motifs is 6. The molecule has 7 heteroatoms. The van der Waals surface area contributed by atoms with E-state index in [0.717, 1.165) is 88.7 Å². The molecule has 2 heterocycles. The van der Waals surface area contributed by atoms with Gasteiger partial charge in [-0.1, -0.05) is 107 Å². The lowest BCUT2D eigenvalue weighted by atomic mass is 9.91. The number of nitrogens with zero attached hydrogens (tertiary/aromatic N) is 4. The Hall–Kier alpha value is -10.2. The van der Waals surface area contributed by atoms with E-state index in [1.807, 2.05) is 30.3 Å². The number of rotatable bonds is 8. The van der Waals surface area contributed by atoms with Crippen LogP contribution in [0.2, 0.25) is 0 Å². The van der Waals surface area contributed by atoms with Crippen molar-refractivity contribution in [2.75, 3.05) is 0 Å². The molecule has 11 aromatic carbocycles. The first kappa shape index (κ1) is 56.9. The van der Waals surface area contributed by atoms with Crippen LogP contribution in [0.25, 0.3) is 122 Å². The molecule has 0 atom stereocenters. The monoisotopic (exact) mass is 1150 g/mol. The second kappa shape index (κ2) is 21.3. The molecule has 0 saturated heterocycles. The van der Waals surface area contributed by atoms with Gasteiger partial charge < -0.3 is 9.13 Å². The van der Waals surface area contributed by atoms with Gasteiger partial charge >= 0.3 is 6.18 Å². The quantitative estimate of drug-likeness (QED) is 0.152. The first-order chi connectivity index (χ1) is 42.1. The molecule has 4 nitrogen and oxygen atoms in total. The Kier molecular flexibility index (Phi) is 13.8. The van der Waals surface area contributed by atoms with Gasteiger partial charge in [0.15, 0.2) is 0 Å². The average molecular weight is 1150 g/mol. The van der Waals surface area contributed by atoms with Crippen LogP contribution in [-0.4, -0.2) is 9.13 Å². The minimum absolute atomic E-state index is 0.0785.